The lowest BCUT2D eigenvalue weighted by atomic mass is 9.96. The summed E-state index contributed by atoms with van der Waals surface area (Å²) < 4.78 is 2.79. The fourth-order valence-corrected chi connectivity index (χ4v) is 7.51. The highest BCUT2D eigenvalue weighted by Gasteiger charge is 2.43. The lowest BCUT2D eigenvalue weighted by Gasteiger charge is -2.26. The molecule has 0 saturated carbocycles. The Labute approximate surface area is 328 Å². The number of halogens is 3. The van der Waals surface area contributed by atoms with Gasteiger partial charge < -0.3 is 20.0 Å². The summed E-state index contributed by atoms with van der Waals surface area (Å²) in [7, 11) is 0. The van der Waals surface area contributed by atoms with Crippen LogP contribution in [0.15, 0.2) is 133 Å². The third-order valence-corrected chi connectivity index (χ3v) is 10.5. The molecule has 0 saturated heterocycles. The van der Waals surface area contributed by atoms with E-state index in [9.17, 15) is 29.4 Å². The van der Waals surface area contributed by atoms with Crippen LogP contribution in [0, 0.1) is 6.92 Å². The van der Waals surface area contributed by atoms with Crippen LogP contribution in [0.5, 0.6) is 0 Å². The minimum absolute atomic E-state index is 0.159. The van der Waals surface area contributed by atoms with E-state index in [-0.39, 0.29) is 22.7 Å². The van der Waals surface area contributed by atoms with Crippen molar-refractivity contribution in [3.8, 4) is 0 Å². The summed E-state index contributed by atoms with van der Waals surface area (Å²) in [5.41, 5.74) is 5.27. The Hall–Kier alpha value is -4.32. The number of benzene rings is 4. The zero-order valence-corrected chi connectivity index (χ0v) is 33.5. The second-order valence-electron chi connectivity index (χ2n) is 12.7. The molecule has 11 heteroatoms. The van der Waals surface area contributed by atoms with Crippen molar-refractivity contribution in [2.45, 2.75) is 45.7 Å². The number of nitrogens with zero attached hydrogens (tertiary/aromatic N) is 2. The molecular formula is C41H37Br3N2O6. The second kappa shape index (κ2) is 17.0. The number of carbonyl (C=O) groups excluding carboxylic acids is 4. The van der Waals surface area contributed by atoms with Crippen LogP contribution in [0.2, 0.25) is 0 Å². The molecule has 0 spiro atoms. The minimum atomic E-state index is -0.569. The summed E-state index contributed by atoms with van der Waals surface area (Å²) in [6.07, 6.45) is 1.27. The van der Waals surface area contributed by atoms with E-state index >= 15 is 0 Å². The van der Waals surface area contributed by atoms with E-state index in [1.807, 2.05) is 97.9 Å². The maximum Gasteiger partial charge on any atom is 0.290 e. The molecule has 268 valence electrons. The average molecular weight is 893 g/mol. The Bertz CT molecular complexity index is 1930. The molecule has 2 N–H and O–H groups in total. The number of Topliss-reactive ketones (excluding diaryl/α,β-unsaturated/α-hetero) is 2. The zero-order chi connectivity index (χ0) is 37.7. The molecule has 2 heterocycles. The first-order valence-corrected chi connectivity index (χ1v) is 19.0. The van der Waals surface area contributed by atoms with Crippen LogP contribution in [-0.4, -0.2) is 56.5 Å². The van der Waals surface area contributed by atoms with E-state index in [0.29, 0.717) is 25.9 Å². The lowest BCUT2D eigenvalue weighted by molar-refractivity contribution is -0.130. The van der Waals surface area contributed by atoms with Gasteiger partial charge in [0.2, 0.25) is 0 Å². The average Bonchev–Trinajstić information content (AvgIpc) is 3.51. The Balaban J connectivity index is 0.000000201. The van der Waals surface area contributed by atoms with E-state index in [1.165, 1.54) is 13.8 Å². The molecule has 52 heavy (non-hydrogen) atoms. The van der Waals surface area contributed by atoms with E-state index in [1.54, 1.807) is 9.80 Å². The van der Waals surface area contributed by atoms with Gasteiger partial charge in [-0.15, -0.1) is 0 Å². The van der Waals surface area contributed by atoms with Gasteiger partial charge in [0.25, 0.3) is 11.8 Å². The van der Waals surface area contributed by atoms with Crippen molar-refractivity contribution in [2.75, 3.05) is 13.1 Å². The fraction of sp³-hybridized carbons (Fsp3) is 0.220. The largest absolute Gasteiger partial charge is 0.503 e. The molecule has 4 aromatic carbocycles. The minimum Gasteiger partial charge on any atom is -0.503 e. The third-order valence-electron chi connectivity index (χ3n) is 8.99. The van der Waals surface area contributed by atoms with Crippen LogP contribution in [0.3, 0.4) is 0 Å². The summed E-state index contributed by atoms with van der Waals surface area (Å²) in [6.45, 7) is 5.61. The van der Waals surface area contributed by atoms with Gasteiger partial charge >= 0.3 is 0 Å². The molecule has 0 aromatic heterocycles. The molecule has 2 unspecified atom stereocenters. The highest BCUT2D eigenvalue weighted by molar-refractivity contribution is 9.11. The van der Waals surface area contributed by atoms with Crippen molar-refractivity contribution in [3.63, 3.8) is 0 Å². The van der Waals surface area contributed by atoms with Crippen LogP contribution in [-0.2, 0) is 32.0 Å². The van der Waals surface area contributed by atoms with Gasteiger partial charge in [0.15, 0.2) is 23.1 Å². The van der Waals surface area contributed by atoms with Gasteiger partial charge in [-0.1, -0.05) is 114 Å². The van der Waals surface area contributed by atoms with E-state index in [2.05, 4.69) is 53.9 Å². The normalized spacial score (nSPS) is 17.1. The van der Waals surface area contributed by atoms with Crippen molar-refractivity contribution >= 4 is 71.2 Å². The predicted octanol–water partition coefficient (Wildman–Crippen LogP) is 9.02. The third kappa shape index (κ3) is 8.82. The highest BCUT2D eigenvalue weighted by atomic mass is 79.9. The van der Waals surface area contributed by atoms with Crippen molar-refractivity contribution in [2.24, 2.45) is 0 Å². The topological polar surface area (TPSA) is 115 Å². The van der Waals surface area contributed by atoms with Crippen LogP contribution in [0.1, 0.15) is 53.7 Å². The summed E-state index contributed by atoms with van der Waals surface area (Å²) in [5, 5.41) is 20.6. The Kier molecular flexibility index (Phi) is 12.7. The Morgan fingerprint density at radius 2 is 1.00 bits per heavy atom. The quantitative estimate of drug-likeness (QED) is 0.164. The lowest BCUT2D eigenvalue weighted by Crippen LogP contribution is -2.32. The molecule has 0 fully saturated rings. The molecule has 6 rings (SSSR count). The standard InChI is InChI=1S/C21H20BrNO3.C20H17Br2NO3/c1-13-4-3-5-15(12-13)10-11-23-19(16-6-8-17(22)9-7-16)18(14(2)24)20(25)21(23)26;1-12(24)17-18(14-5-7-15(21)8-6-14)23(20(26)19(17)25)10-9-13-3-2-4-16(22)11-13/h3-9,12,19,25H,10-11H2,1-2H3;2-8,11,18,25H,9-10H2,1H3. The van der Waals surface area contributed by atoms with E-state index in [4.69, 9.17) is 0 Å². The predicted molar refractivity (Wildman–Crippen MR) is 211 cm³/mol. The molecule has 0 aliphatic carbocycles. The smallest absolute Gasteiger partial charge is 0.290 e. The zero-order valence-electron chi connectivity index (χ0n) is 28.8. The first-order chi connectivity index (χ1) is 24.8. The van der Waals surface area contributed by atoms with Crippen molar-refractivity contribution < 1.29 is 29.4 Å². The fourth-order valence-electron chi connectivity index (χ4n) is 6.53. The monoisotopic (exact) mass is 890 g/mol. The van der Waals surface area contributed by atoms with E-state index < -0.39 is 35.4 Å². The number of amides is 2. The van der Waals surface area contributed by atoms with Crippen molar-refractivity contribution in [3.05, 3.63) is 161 Å². The van der Waals surface area contributed by atoms with Crippen molar-refractivity contribution in [1.29, 1.82) is 0 Å². The number of aryl methyl sites for hydroxylation is 1. The van der Waals surface area contributed by atoms with Gasteiger partial charge in [-0.2, -0.15) is 0 Å². The number of aliphatic hydroxyl groups is 2. The molecular weight excluding hydrogens is 856 g/mol. The molecule has 0 radical (unpaired) electrons. The van der Waals surface area contributed by atoms with Crippen molar-refractivity contribution in [1.82, 2.24) is 9.80 Å². The second-order valence-corrected chi connectivity index (χ2v) is 15.4. The summed E-state index contributed by atoms with van der Waals surface area (Å²) in [5.74, 6) is -2.46. The molecule has 2 aliphatic rings. The maximum absolute atomic E-state index is 12.6. The van der Waals surface area contributed by atoms with Gasteiger partial charge in [0.1, 0.15) is 0 Å². The molecule has 8 nitrogen and oxygen atoms in total. The van der Waals surface area contributed by atoms with Gasteiger partial charge in [-0.05, 0) is 92.3 Å². The molecule has 2 atom stereocenters. The maximum atomic E-state index is 12.6. The van der Waals surface area contributed by atoms with Gasteiger partial charge in [0.05, 0.1) is 23.2 Å². The molecule has 4 aromatic rings. The first-order valence-electron chi connectivity index (χ1n) is 16.6. The van der Waals surface area contributed by atoms with Crippen LogP contribution in [0.25, 0.3) is 0 Å². The number of aliphatic hydroxyl groups excluding tert-OH is 2. The van der Waals surface area contributed by atoms with E-state index in [0.717, 1.165) is 41.2 Å². The molecule has 2 amide bonds. The number of rotatable bonds is 10. The van der Waals surface area contributed by atoms with Gasteiger partial charge in [-0.25, -0.2) is 0 Å². The molecule has 0 bridgehead atoms. The summed E-state index contributed by atoms with van der Waals surface area (Å²) in [4.78, 5) is 52.6. The van der Waals surface area contributed by atoms with Crippen LogP contribution >= 0.6 is 47.8 Å². The summed E-state index contributed by atoms with van der Waals surface area (Å²) in [6, 6.07) is 29.7. The Morgan fingerprint density at radius 3 is 1.38 bits per heavy atom. The van der Waals surface area contributed by atoms with Crippen LogP contribution < -0.4 is 0 Å². The summed E-state index contributed by atoms with van der Waals surface area (Å²) >= 11 is 10.2. The van der Waals surface area contributed by atoms with Crippen LogP contribution in [0.4, 0.5) is 0 Å². The number of carbonyl (C=O) groups is 4. The number of hydrogen-bond acceptors (Lipinski definition) is 6. The SMILES string of the molecule is CC(=O)C1=C(O)C(=O)N(CCc2cccc(Br)c2)C1c1ccc(Br)cc1.CC(=O)C1=C(O)C(=O)N(CCc2cccc(C)c2)C1c1ccc(Br)cc1. The number of ketones is 2. The molecule has 2 aliphatic heterocycles. The Morgan fingerprint density at radius 1 is 0.596 bits per heavy atom. The van der Waals surface area contributed by atoms with Gasteiger partial charge in [0, 0.05) is 26.5 Å². The highest BCUT2D eigenvalue weighted by Crippen LogP contribution is 2.39. The van der Waals surface area contributed by atoms with Gasteiger partial charge in [-0.3, -0.25) is 19.2 Å². The first kappa shape index (κ1) is 38.9. The number of hydrogen-bond donors (Lipinski definition) is 2.